The maximum Gasteiger partial charge on any atom is 0.258 e. The molecule has 0 aliphatic rings. The zero-order chi connectivity index (χ0) is 15.7. The van der Waals surface area contributed by atoms with Gasteiger partial charge in [-0.3, -0.25) is 4.79 Å². The van der Waals surface area contributed by atoms with Crippen molar-refractivity contribution in [3.05, 3.63) is 62.3 Å². The average Bonchev–Trinajstić information content (AvgIpc) is 2.91. The van der Waals surface area contributed by atoms with Crippen LogP contribution in [0.15, 0.2) is 40.5 Å². The Morgan fingerprint density at radius 3 is 2.82 bits per heavy atom. The molecule has 114 valence electrons. The van der Waals surface area contributed by atoms with Gasteiger partial charge in [-0.25, -0.2) is 4.98 Å². The van der Waals surface area contributed by atoms with Crippen LogP contribution >= 0.6 is 11.3 Å². The van der Waals surface area contributed by atoms with Crippen molar-refractivity contribution in [2.75, 3.05) is 7.05 Å². The summed E-state index contributed by atoms with van der Waals surface area (Å²) in [6.45, 7) is 5.17. The monoisotopic (exact) mass is 314 g/mol. The van der Waals surface area contributed by atoms with Crippen molar-refractivity contribution in [1.82, 2.24) is 9.97 Å². The number of aromatic nitrogens is 2. The van der Waals surface area contributed by atoms with Gasteiger partial charge in [0.1, 0.15) is 12.6 Å². The number of para-hydroxylation sites is 1. The number of rotatable bonds is 4. The first-order valence-corrected chi connectivity index (χ1v) is 8.28. The van der Waals surface area contributed by atoms with Gasteiger partial charge in [0.2, 0.25) is 0 Å². The molecule has 0 saturated carbocycles. The Labute approximate surface area is 133 Å². The summed E-state index contributed by atoms with van der Waals surface area (Å²) in [5.41, 5.74) is 2.03. The summed E-state index contributed by atoms with van der Waals surface area (Å²) in [4.78, 5) is 22.5. The van der Waals surface area contributed by atoms with Crippen LogP contribution < -0.4 is 10.5 Å². The predicted molar refractivity (Wildman–Crippen MR) is 90.4 cm³/mol. The maximum atomic E-state index is 12.2. The van der Waals surface area contributed by atoms with Crippen molar-refractivity contribution in [2.45, 2.75) is 26.4 Å². The minimum atomic E-state index is -0.0624. The van der Waals surface area contributed by atoms with Crippen LogP contribution in [-0.4, -0.2) is 17.0 Å². The van der Waals surface area contributed by atoms with E-state index >= 15 is 0 Å². The minimum absolute atomic E-state index is 0.0624. The highest BCUT2D eigenvalue weighted by Crippen LogP contribution is 2.15. The van der Waals surface area contributed by atoms with Gasteiger partial charge in [-0.05, 0) is 43.0 Å². The van der Waals surface area contributed by atoms with E-state index in [-0.39, 0.29) is 11.6 Å². The lowest BCUT2D eigenvalue weighted by atomic mass is 10.2. The van der Waals surface area contributed by atoms with Gasteiger partial charge >= 0.3 is 0 Å². The molecule has 2 heterocycles. The van der Waals surface area contributed by atoms with Gasteiger partial charge in [-0.1, -0.05) is 12.1 Å². The van der Waals surface area contributed by atoms with E-state index < -0.39 is 0 Å². The van der Waals surface area contributed by atoms with Crippen molar-refractivity contribution in [3.63, 3.8) is 0 Å². The second-order valence-electron chi connectivity index (χ2n) is 5.74. The van der Waals surface area contributed by atoms with E-state index in [2.05, 4.69) is 42.3 Å². The molecular weight excluding hydrogens is 294 g/mol. The van der Waals surface area contributed by atoms with Crippen LogP contribution in [0.25, 0.3) is 10.9 Å². The van der Waals surface area contributed by atoms with Crippen molar-refractivity contribution >= 4 is 22.2 Å². The van der Waals surface area contributed by atoms with E-state index in [4.69, 9.17) is 0 Å². The van der Waals surface area contributed by atoms with E-state index in [1.165, 1.54) is 15.3 Å². The summed E-state index contributed by atoms with van der Waals surface area (Å²) in [5.74, 6) is 0.746. The third-order valence-electron chi connectivity index (χ3n) is 4.19. The summed E-state index contributed by atoms with van der Waals surface area (Å²) >= 11 is 1.78. The van der Waals surface area contributed by atoms with Gasteiger partial charge in [-0.2, -0.15) is 0 Å². The summed E-state index contributed by atoms with van der Waals surface area (Å²) < 4.78 is 0. The number of nitrogens with zero attached hydrogens (tertiary/aromatic N) is 1. The van der Waals surface area contributed by atoms with Crippen LogP contribution in [0.2, 0.25) is 0 Å². The number of thiophene rings is 1. The first-order valence-electron chi connectivity index (χ1n) is 7.40. The normalized spacial score (nSPS) is 14.1. The lowest BCUT2D eigenvalue weighted by molar-refractivity contribution is -0.924. The smallest absolute Gasteiger partial charge is 0.258 e. The molecule has 0 bridgehead atoms. The van der Waals surface area contributed by atoms with E-state index in [1.807, 2.05) is 18.2 Å². The van der Waals surface area contributed by atoms with Gasteiger partial charge in [0, 0.05) is 0 Å². The predicted octanol–water partition coefficient (Wildman–Crippen LogP) is 2.07. The lowest BCUT2D eigenvalue weighted by Gasteiger charge is -2.21. The topological polar surface area (TPSA) is 50.2 Å². The Kier molecular flexibility index (Phi) is 4.09. The molecule has 3 rings (SSSR count). The van der Waals surface area contributed by atoms with Gasteiger partial charge in [-0.15, -0.1) is 11.3 Å². The van der Waals surface area contributed by atoms with Crippen molar-refractivity contribution < 1.29 is 4.90 Å². The summed E-state index contributed by atoms with van der Waals surface area (Å²) in [6.07, 6.45) is 0. The van der Waals surface area contributed by atoms with Crippen LogP contribution in [0.5, 0.6) is 0 Å². The minimum Gasteiger partial charge on any atom is -0.324 e. The quantitative estimate of drug-likeness (QED) is 0.774. The zero-order valence-electron chi connectivity index (χ0n) is 13.0. The van der Waals surface area contributed by atoms with Crippen LogP contribution in [0.1, 0.15) is 29.2 Å². The Hall–Kier alpha value is -1.98. The molecule has 0 aliphatic heterocycles. The van der Waals surface area contributed by atoms with E-state index in [0.717, 1.165) is 17.9 Å². The SMILES string of the molecule is Cc1ccsc1C[NH+](C)[C@@H](C)c1nc2ccccc2c(=O)[nH]1. The number of aryl methyl sites for hydroxylation is 1. The Bertz CT molecular complexity index is 852. The maximum absolute atomic E-state index is 12.2. The van der Waals surface area contributed by atoms with Gasteiger partial charge in [0.25, 0.3) is 5.56 Å². The van der Waals surface area contributed by atoms with Crippen molar-refractivity contribution in [3.8, 4) is 0 Å². The highest BCUT2D eigenvalue weighted by molar-refractivity contribution is 7.10. The van der Waals surface area contributed by atoms with Crippen LogP contribution in [0, 0.1) is 6.92 Å². The number of hydrogen-bond acceptors (Lipinski definition) is 3. The molecule has 0 saturated heterocycles. The summed E-state index contributed by atoms with van der Waals surface area (Å²) in [6, 6.07) is 9.74. The van der Waals surface area contributed by atoms with E-state index in [9.17, 15) is 4.79 Å². The highest BCUT2D eigenvalue weighted by atomic mass is 32.1. The first-order chi connectivity index (χ1) is 10.6. The third-order valence-corrected chi connectivity index (χ3v) is 5.21. The van der Waals surface area contributed by atoms with E-state index in [0.29, 0.717) is 5.39 Å². The zero-order valence-corrected chi connectivity index (χ0v) is 13.8. The molecular formula is C17H20N3OS+. The molecule has 0 amide bonds. The Morgan fingerprint density at radius 2 is 2.09 bits per heavy atom. The molecule has 2 atom stereocenters. The van der Waals surface area contributed by atoms with Crippen LogP contribution in [-0.2, 0) is 6.54 Å². The van der Waals surface area contributed by atoms with Crippen LogP contribution in [0.3, 0.4) is 0 Å². The van der Waals surface area contributed by atoms with Gasteiger partial charge in [0.05, 0.1) is 22.8 Å². The van der Waals surface area contributed by atoms with Crippen molar-refractivity contribution in [2.24, 2.45) is 0 Å². The van der Waals surface area contributed by atoms with Crippen LogP contribution in [0.4, 0.5) is 0 Å². The number of nitrogens with one attached hydrogen (secondary N) is 2. The summed E-state index contributed by atoms with van der Waals surface area (Å²) in [5, 5.41) is 2.77. The molecule has 5 heteroatoms. The Morgan fingerprint density at radius 1 is 1.32 bits per heavy atom. The fourth-order valence-corrected chi connectivity index (χ4v) is 3.54. The molecule has 2 aromatic heterocycles. The number of fused-ring (bicyclic) bond motifs is 1. The fourth-order valence-electron chi connectivity index (χ4n) is 2.53. The summed E-state index contributed by atoms with van der Waals surface area (Å²) in [7, 11) is 2.14. The molecule has 0 radical (unpaired) electrons. The van der Waals surface area contributed by atoms with Crippen molar-refractivity contribution in [1.29, 1.82) is 0 Å². The highest BCUT2D eigenvalue weighted by Gasteiger charge is 2.20. The first kappa shape index (κ1) is 14.9. The average molecular weight is 314 g/mol. The molecule has 0 aliphatic carbocycles. The number of aromatic amines is 1. The van der Waals surface area contributed by atoms with Gasteiger partial charge in [0.15, 0.2) is 5.82 Å². The number of H-pyrrole nitrogens is 1. The molecule has 4 nitrogen and oxygen atoms in total. The second kappa shape index (κ2) is 6.02. The third kappa shape index (κ3) is 2.82. The molecule has 0 fully saturated rings. The number of hydrogen-bond donors (Lipinski definition) is 2. The fraction of sp³-hybridized carbons (Fsp3) is 0.294. The molecule has 3 aromatic rings. The second-order valence-corrected chi connectivity index (χ2v) is 6.74. The van der Waals surface area contributed by atoms with E-state index in [1.54, 1.807) is 17.4 Å². The Balaban J connectivity index is 1.90. The number of quaternary nitrogens is 1. The molecule has 0 spiro atoms. The van der Waals surface area contributed by atoms with Gasteiger partial charge < -0.3 is 9.88 Å². The molecule has 22 heavy (non-hydrogen) atoms. The molecule has 1 unspecified atom stereocenters. The largest absolute Gasteiger partial charge is 0.324 e. The standard InChI is InChI=1S/C17H19N3OS/c1-11-8-9-22-15(11)10-20(3)12(2)16-18-14-7-5-4-6-13(14)17(21)19-16/h4-9,12H,10H2,1-3H3,(H,18,19,21)/p+1/t12-/m0/s1. The molecule has 2 N–H and O–H groups in total. The number of benzene rings is 1. The lowest BCUT2D eigenvalue weighted by Crippen LogP contribution is -3.07. The molecule has 1 aromatic carbocycles.